The van der Waals surface area contributed by atoms with Gasteiger partial charge in [-0.05, 0) is 24.3 Å². The highest BCUT2D eigenvalue weighted by Crippen LogP contribution is 2.28. The first-order chi connectivity index (χ1) is 9.11. The van der Waals surface area contributed by atoms with E-state index in [9.17, 15) is 9.59 Å². The average Bonchev–Trinajstić information content (AvgIpc) is 2.37. The molecule has 19 heavy (non-hydrogen) atoms. The van der Waals surface area contributed by atoms with E-state index in [1.807, 2.05) is 12.3 Å². The van der Waals surface area contributed by atoms with Crippen molar-refractivity contribution in [3.8, 4) is 5.75 Å². The molecule has 1 aliphatic rings. The Morgan fingerprint density at radius 2 is 2.37 bits per heavy atom. The van der Waals surface area contributed by atoms with Crippen molar-refractivity contribution < 1.29 is 19.3 Å². The van der Waals surface area contributed by atoms with Gasteiger partial charge in [0.1, 0.15) is 5.75 Å². The van der Waals surface area contributed by atoms with Crippen molar-refractivity contribution in [2.24, 2.45) is 0 Å². The van der Waals surface area contributed by atoms with E-state index in [4.69, 9.17) is 9.76 Å². The van der Waals surface area contributed by atoms with Gasteiger partial charge in [-0.25, -0.2) is 4.79 Å². The molecule has 1 radical (unpaired) electrons. The van der Waals surface area contributed by atoms with Crippen LogP contribution in [0.25, 0.3) is 0 Å². The molecule has 1 atom stereocenters. The maximum absolute atomic E-state index is 11.5. The minimum Gasteiger partial charge on any atom is -0.560 e. The van der Waals surface area contributed by atoms with E-state index in [2.05, 4.69) is 5.32 Å². The lowest BCUT2D eigenvalue weighted by Gasteiger charge is -2.25. The van der Waals surface area contributed by atoms with E-state index in [1.165, 1.54) is 25.3 Å². The number of hydrogen-bond donors (Lipinski definition) is 2. The summed E-state index contributed by atoms with van der Waals surface area (Å²) in [6.45, 7) is 0. The summed E-state index contributed by atoms with van der Waals surface area (Å²) in [6, 6.07) is 4.99. The second kappa shape index (κ2) is 6.01. The number of aromatic carboxylic acids is 1. The van der Waals surface area contributed by atoms with E-state index in [0.29, 0.717) is 17.9 Å². The van der Waals surface area contributed by atoms with Gasteiger partial charge >= 0.3 is 13.5 Å². The van der Waals surface area contributed by atoms with E-state index >= 15 is 0 Å². The van der Waals surface area contributed by atoms with Gasteiger partial charge in [0.15, 0.2) is 0 Å². The van der Waals surface area contributed by atoms with Gasteiger partial charge in [-0.2, -0.15) is 11.8 Å². The summed E-state index contributed by atoms with van der Waals surface area (Å²) < 4.78 is 5.38. The van der Waals surface area contributed by atoms with E-state index in [0.717, 1.165) is 5.56 Å². The molecular weight excluding hydrogens is 265 g/mol. The van der Waals surface area contributed by atoms with E-state index in [1.54, 1.807) is 6.07 Å². The minimum absolute atomic E-state index is 0.0600. The molecule has 2 N–H and O–H groups in total. The first-order valence-electron chi connectivity index (χ1n) is 5.75. The molecule has 1 amide bonds. The standard InChI is InChI=1S/C12H13BNO4S/c1-19-6-10(15)14-9-5-7-3-2-4-8(12(16)17)11(7)18-13-9/h2-4,9H,5-6H2,1H3,(H,14,15)(H,16,17). The molecule has 1 aliphatic heterocycles. The Balaban J connectivity index is 2.10. The number of benzene rings is 1. The van der Waals surface area contributed by atoms with Crippen molar-refractivity contribution in [2.45, 2.75) is 12.4 Å². The normalized spacial score (nSPS) is 16.8. The third-order valence-corrected chi connectivity index (χ3v) is 3.29. The molecule has 2 rings (SSSR count). The fourth-order valence-corrected chi connectivity index (χ4v) is 2.30. The number of rotatable bonds is 4. The maximum Gasteiger partial charge on any atom is 0.394 e. The maximum atomic E-state index is 11.5. The third kappa shape index (κ3) is 3.23. The highest BCUT2D eigenvalue weighted by atomic mass is 32.2. The Bertz CT molecular complexity index is 509. The van der Waals surface area contributed by atoms with Gasteiger partial charge in [-0.1, -0.05) is 12.1 Å². The summed E-state index contributed by atoms with van der Waals surface area (Å²) in [5, 5.41) is 11.9. The number of amides is 1. The highest BCUT2D eigenvalue weighted by molar-refractivity contribution is 7.99. The Morgan fingerprint density at radius 3 is 3.05 bits per heavy atom. The summed E-state index contributed by atoms with van der Waals surface area (Å²) in [5.41, 5.74) is 0.930. The number of thioether (sulfide) groups is 1. The Labute approximate surface area is 116 Å². The van der Waals surface area contributed by atoms with E-state index < -0.39 is 5.97 Å². The van der Waals surface area contributed by atoms with Crippen LogP contribution in [0.4, 0.5) is 0 Å². The van der Waals surface area contributed by atoms with Crippen LogP contribution in [-0.2, 0) is 11.2 Å². The molecular formula is C12H13BNO4S. The predicted molar refractivity (Wildman–Crippen MR) is 73.8 cm³/mol. The van der Waals surface area contributed by atoms with Gasteiger partial charge in [0, 0.05) is 5.94 Å². The second-order valence-electron chi connectivity index (χ2n) is 4.16. The van der Waals surface area contributed by atoms with Crippen LogP contribution >= 0.6 is 11.8 Å². The molecule has 0 aromatic heterocycles. The van der Waals surface area contributed by atoms with Gasteiger partial charge in [0.2, 0.25) is 5.91 Å². The van der Waals surface area contributed by atoms with E-state index in [-0.39, 0.29) is 17.4 Å². The molecule has 5 nitrogen and oxygen atoms in total. The van der Waals surface area contributed by atoms with Crippen molar-refractivity contribution in [1.29, 1.82) is 0 Å². The summed E-state index contributed by atoms with van der Waals surface area (Å²) >= 11 is 1.45. The van der Waals surface area contributed by atoms with Gasteiger partial charge in [-0.15, -0.1) is 0 Å². The van der Waals surface area contributed by atoms with Gasteiger partial charge in [0.25, 0.3) is 0 Å². The van der Waals surface area contributed by atoms with Crippen LogP contribution in [0.15, 0.2) is 18.2 Å². The fourth-order valence-electron chi connectivity index (χ4n) is 1.95. The van der Waals surface area contributed by atoms with Crippen LogP contribution in [0, 0.1) is 0 Å². The number of para-hydroxylation sites is 1. The lowest BCUT2D eigenvalue weighted by Crippen LogP contribution is -2.45. The smallest absolute Gasteiger partial charge is 0.394 e. The predicted octanol–water partition coefficient (Wildman–Crippen LogP) is 0.744. The van der Waals surface area contributed by atoms with Crippen molar-refractivity contribution in [3.05, 3.63) is 29.3 Å². The van der Waals surface area contributed by atoms with Crippen LogP contribution in [-0.4, -0.2) is 42.4 Å². The first-order valence-corrected chi connectivity index (χ1v) is 7.14. The molecule has 99 valence electrons. The molecule has 1 unspecified atom stereocenters. The zero-order valence-corrected chi connectivity index (χ0v) is 11.2. The van der Waals surface area contributed by atoms with Gasteiger partial charge in [0.05, 0.1) is 11.3 Å². The fraction of sp³-hybridized carbons (Fsp3) is 0.333. The summed E-state index contributed by atoms with van der Waals surface area (Å²) in [5.74, 6) is -0.543. The third-order valence-electron chi connectivity index (χ3n) is 2.74. The summed E-state index contributed by atoms with van der Waals surface area (Å²) in [4.78, 5) is 22.5. The lowest BCUT2D eigenvalue weighted by atomic mass is 9.79. The molecule has 0 bridgehead atoms. The number of carbonyl (C=O) groups excluding carboxylic acids is 1. The van der Waals surface area contributed by atoms with Crippen molar-refractivity contribution >= 4 is 31.1 Å². The Kier molecular flexibility index (Phi) is 4.37. The quantitative estimate of drug-likeness (QED) is 0.795. The van der Waals surface area contributed by atoms with Gasteiger partial charge in [-0.3, -0.25) is 4.79 Å². The van der Waals surface area contributed by atoms with Crippen molar-refractivity contribution in [3.63, 3.8) is 0 Å². The number of carboxylic acids is 1. The molecule has 0 aliphatic carbocycles. The molecule has 0 fully saturated rings. The molecule has 1 aromatic carbocycles. The molecule has 0 spiro atoms. The SMILES string of the molecule is CSCC(=O)NC1[B]Oc2c(cccc2C(=O)O)C1. The summed E-state index contributed by atoms with van der Waals surface area (Å²) in [7, 11) is 1.48. The number of carbonyl (C=O) groups is 2. The highest BCUT2D eigenvalue weighted by Gasteiger charge is 2.27. The van der Waals surface area contributed by atoms with Crippen LogP contribution in [0.3, 0.4) is 0 Å². The molecule has 7 heteroatoms. The molecule has 0 saturated heterocycles. The zero-order chi connectivity index (χ0) is 13.8. The number of fused-ring (bicyclic) bond motifs is 1. The average molecular weight is 278 g/mol. The second-order valence-corrected chi connectivity index (χ2v) is 5.03. The van der Waals surface area contributed by atoms with Crippen molar-refractivity contribution in [2.75, 3.05) is 12.0 Å². The van der Waals surface area contributed by atoms with Gasteiger partial charge < -0.3 is 15.1 Å². The molecule has 1 heterocycles. The van der Waals surface area contributed by atoms with Crippen LogP contribution in [0.2, 0.25) is 0 Å². The van der Waals surface area contributed by atoms with Crippen LogP contribution in [0.1, 0.15) is 15.9 Å². The minimum atomic E-state index is -1.02. The number of hydrogen-bond acceptors (Lipinski definition) is 4. The monoisotopic (exact) mass is 278 g/mol. The molecule has 1 aromatic rings. The summed E-state index contributed by atoms with van der Waals surface area (Å²) in [6.07, 6.45) is 2.39. The Morgan fingerprint density at radius 1 is 1.58 bits per heavy atom. The van der Waals surface area contributed by atoms with Crippen LogP contribution in [0.5, 0.6) is 5.75 Å². The lowest BCUT2D eigenvalue weighted by molar-refractivity contribution is -0.118. The topological polar surface area (TPSA) is 75.6 Å². The number of carboxylic acid groups (broad SMARTS) is 1. The van der Waals surface area contributed by atoms with Crippen LogP contribution < -0.4 is 9.97 Å². The van der Waals surface area contributed by atoms with Crippen molar-refractivity contribution in [1.82, 2.24) is 5.32 Å². The number of nitrogens with one attached hydrogen (secondary N) is 1. The zero-order valence-electron chi connectivity index (χ0n) is 10.4. The first kappa shape index (κ1) is 13.8. The Hall–Kier alpha value is -1.63. The molecule has 0 saturated carbocycles. The largest absolute Gasteiger partial charge is 0.560 e.